The molecule has 0 aromatic heterocycles. The summed E-state index contributed by atoms with van der Waals surface area (Å²) in [4.78, 5) is 7.07. The van der Waals surface area contributed by atoms with Crippen LogP contribution in [0.3, 0.4) is 0 Å². The van der Waals surface area contributed by atoms with Crippen molar-refractivity contribution in [1.82, 2.24) is 10.2 Å². The molecule has 0 bridgehead atoms. The molecule has 0 unspecified atom stereocenters. The zero-order valence-electron chi connectivity index (χ0n) is 17.1. The van der Waals surface area contributed by atoms with E-state index in [9.17, 15) is 0 Å². The largest absolute Gasteiger partial charge is 0.494 e. The van der Waals surface area contributed by atoms with Crippen molar-refractivity contribution in [3.63, 3.8) is 0 Å². The molecule has 6 heteroatoms. The maximum Gasteiger partial charge on any atom is 0.193 e. The first-order chi connectivity index (χ1) is 12.7. The van der Waals surface area contributed by atoms with Crippen LogP contribution in [0.5, 0.6) is 5.75 Å². The second-order valence-corrected chi connectivity index (χ2v) is 6.93. The molecule has 2 rings (SSSR count). The van der Waals surface area contributed by atoms with Crippen LogP contribution in [0.25, 0.3) is 0 Å². The third-order valence-electron chi connectivity index (χ3n) is 4.69. The number of hydrogen-bond donors (Lipinski definition) is 1. The molecule has 0 radical (unpaired) electrons. The molecule has 154 valence electrons. The quantitative estimate of drug-likeness (QED) is 0.319. The van der Waals surface area contributed by atoms with Crippen molar-refractivity contribution < 1.29 is 9.47 Å². The number of guanidine groups is 1. The van der Waals surface area contributed by atoms with E-state index in [0.717, 1.165) is 57.0 Å². The van der Waals surface area contributed by atoms with Crippen molar-refractivity contribution in [2.45, 2.75) is 46.1 Å². The Bertz CT molecular complexity index is 548. The lowest BCUT2D eigenvalue weighted by Gasteiger charge is -2.26. The summed E-state index contributed by atoms with van der Waals surface area (Å²) >= 11 is 0. The van der Waals surface area contributed by atoms with Crippen LogP contribution < -0.4 is 10.1 Å². The summed E-state index contributed by atoms with van der Waals surface area (Å²) in [5, 5.41) is 3.41. The molecule has 1 heterocycles. The van der Waals surface area contributed by atoms with Crippen LogP contribution >= 0.6 is 24.0 Å². The number of hydrogen-bond acceptors (Lipinski definition) is 3. The van der Waals surface area contributed by atoms with E-state index in [-0.39, 0.29) is 24.0 Å². The second-order valence-electron chi connectivity index (χ2n) is 6.93. The molecule has 1 aliphatic heterocycles. The van der Waals surface area contributed by atoms with Gasteiger partial charge in [0.05, 0.1) is 13.2 Å². The lowest BCUT2D eigenvalue weighted by atomic mass is 9.96. The monoisotopic (exact) mass is 489 g/mol. The van der Waals surface area contributed by atoms with Gasteiger partial charge in [-0.1, -0.05) is 19.1 Å². The minimum absolute atomic E-state index is 0. The van der Waals surface area contributed by atoms with Crippen LogP contribution in [-0.2, 0) is 11.3 Å². The third kappa shape index (κ3) is 9.14. The molecule has 27 heavy (non-hydrogen) atoms. The number of nitrogens with one attached hydrogen (secondary N) is 1. The van der Waals surface area contributed by atoms with E-state index in [1.165, 1.54) is 24.8 Å². The molecule has 0 saturated carbocycles. The Labute approximate surface area is 181 Å². The SMILES string of the molecule is CCCOc1cccc(CN=C(NCC)N(C)CCC2CCOCC2)c1.I. The predicted molar refractivity (Wildman–Crippen MR) is 123 cm³/mol. The van der Waals surface area contributed by atoms with Crippen molar-refractivity contribution >= 4 is 29.9 Å². The standard InChI is InChI=1S/C21H35N3O2.HI/c1-4-13-26-20-8-6-7-19(16-20)17-23-21(22-5-2)24(3)12-9-18-10-14-25-15-11-18;/h6-8,16,18H,4-5,9-15,17H2,1-3H3,(H,22,23);1H. The number of aliphatic imine (C=N–C) groups is 1. The average Bonchev–Trinajstić information content (AvgIpc) is 2.69. The van der Waals surface area contributed by atoms with Gasteiger partial charge in [0, 0.05) is 33.4 Å². The van der Waals surface area contributed by atoms with Gasteiger partial charge in [0.15, 0.2) is 5.96 Å². The van der Waals surface area contributed by atoms with Gasteiger partial charge >= 0.3 is 0 Å². The van der Waals surface area contributed by atoms with Crippen molar-refractivity contribution in [3.8, 4) is 5.75 Å². The smallest absolute Gasteiger partial charge is 0.193 e. The molecule has 1 fully saturated rings. The number of benzene rings is 1. The van der Waals surface area contributed by atoms with Gasteiger partial charge in [-0.15, -0.1) is 24.0 Å². The molecule has 1 N–H and O–H groups in total. The van der Waals surface area contributed by atoms with E-state index in [2.05, 4.69) is 43.2 Å². The lowest BCUT2D eigenvalue weighted by Crippen LogP contribution is -2.40. The van der Waals surface area contributed by atoms with Crippen LogP contribution in [0.2, 0.25) is 0 Å². The van der Waals surface area contributed by atoms with Gasteiger partial charge in [0.25, 0.3) is 0 Å². The molecular weight excluding hydrogens is 453 g/mol. The van der Waals surface area contributed by atoms with Gasteiger partial charge in [-0.3, -0.25) is 0 Å². The molecule has 1 aliphatic rings. The number of rotatable bonds is 9. The van der Waals surface area contributed by atoms with E-state index >= 15 is 0 Å². The summed E-state index contributed by atoms with van der Waals surface area (Å²) in [6, 6.07) is 8.24. The van der Waals surface area contributed by atoms with Gasteiger partial charge in [-0.2, -0.15) is 0 Å². The van der Waals surface area contributed by atoms with Crippen LogP contribution in [0.4, 0.5) is 0 Å². The lowest BCUT2D eigenvalue weighted by molar-refractivity contribution is 0.0625. The Morgan fingerprint density at radius 1 is 1.30 bits per heavy atom. The Morgan fingerprint density at radius 2 is 2.07 bits per heavy atom. The topological polar surface area (TPSA) is 46.1 Å². The number of ether oxygens (including phenoxy) is 2. The van der Waals surface area contributed by atoms with E-state index in [4.69, 9.17) is 14.5 Å². The van der Waals surface area contributed by atoms with Crippen molar-refractivity contribution in [1.29, 1.82) is 0 Å². The zero-order valence-corrected chi connectivity index (χ0v) is 19.4. The third-order valence-corrected chi connectivity index (χ3v) is 4.69. The van der Waals surface area contributed by atoms with Crippen LogP contribution in [0.15, 0.2) is 29.3 Å². The number of halogens is 1. The summed E-state index contributed by atoms with van der Waals surface area (Å²) in [7, 11) is 2.13. The summed E-state index contributed by atoms with van der Waals surface area (Å²) in [5.41, 5.74) is 1.17. The Hall–Kier alpha value is -1.02. The molecule has 1 saturated heterocycles. The molecule has 0 spiro atoms. The maximum atomic E-state index is 5.72. The summed E-state index contributed by atoms with van der Waals surface area (Å²) in [6.07, 6.45) is 4.59. The van der Waals surface area contributed by atoms with Gasteiger partial charge in [0.2, 0.25) is 0 Å². The highest BCUT2D eigenvalue weighted by atomic mass is 127. The molecule has 0 aliphatic carbocycles. The second kappa shape index (κ2) is 14.0. The van der Waals surface area contributed by atoms with Crippen molar-refractivity contribution in [2.24, 2.45) is 10.9 Å². The Balaban J connectivity index is 0.00000364. The highest BCUT2D eigenvalue weighted by Crippen LogP contribution is 2.18. The minimum atomic E-state index is 0. The van der Waals surface area contributed by atoms with E-state index in [0.29, 0.717) is 6.54 Å². The van der Waals surface area contributed by atoms with Crippen LogP contribution in [0.1, 0.15) is 45.1 Å². The summed E-state index contributed by atoms with van der Waals surface area (Å²) in [5.74, 6) is 2.68. The fraction of sp³-hybridized carbons (Fsp3) is 0.667. The maximum absolute atomic E-state index is 5.72. The highest BCUT2D eigenvalue weighted by molar-refractivity contribution is 14.0. The minimum Gasteiger partial charge on any atom is -0.494 e. The van der Waals surface area contributed by atoms with E-state index in [1.54, 1.807) is 0 Å². The van der Waals surface area contributed by atoms with Crippen molar-refractivity contribution in [2.75, 3.05) is 40.0 Å². The zero-order chi connectivity index (χ0) is 18.6. The summed E-state index contributed by atoms with van der Waals surface area (Å²) in [6.45, 7) is 9.37. The summed E-state index contributed by atoms with van der Waals surface area (Å²) < 4.78 is 11.2. The normalized spacial score (nSPS) is 15.1. The molecular formula is C21H36IN3O2. The molecule has 1 aromatic rings. The van der Waals surface area contributed by atoms with Crippen molar-refractivity contribution in [3.05, 3.63) is 29.8 Å². The van der Waals surface area contributed by atoms with E-state index < -0.39 is 0 Å². The van der Waals surface area contributed by atoms with Gasteiger partial charge < -0.3 is 19.7 Å². The average molecular weight is 489 g/mol. The Kier molecular flexibility index (Phi) is 12.5. The Morgan fingerprint density at radius 3 is 2.78 bits per heavy atom. The van der Waals surface area contributed by atoms with Gasteiger partial charge in [-0.05, 0) is 56.2 Å². The first kappa shape index (κ1) is 24.0. The highest BCUT2D eigenvalue weighted by Gasteiger charge is 2.15. The number of nitrogens with zero attached hydrogens (tertiary/aromatic N) is 2. The first-order valence-corrected chi connectivity index (χ1v) is 10.0. The first-order valence-electron chi connectivity index (χ1n) is 10.0. The predicted octanol–water partition coefficient (Wildman–Crippen LogP) is 4.31. The van der Waals surface area contributed by atoms with Gasteiger partial charge in [-0.25, -0.2) is 4.99 Å². The van der Waals surface area contributed by atoms with Gasteiger partial charge in [0.1, 0.15) is 5.75 Å². The van der Waals surface area contributed by atoms with Crippen LogP contribution in [-0.4, -0.2) is 50.8 Å². The molecule has 1 aromatic carbocycles. The van der Waals surface area contributed by atoms with E-state index in [1.807, 2.05) is 12.1 Å². The molecule has 0 atom stereocenters. The fourth-order valence-corrected chi connectivity index (χ4v) is 3.11. The molecule has 5 nitrogen and oxygen atoms in total. The molecule has 0 amide bonds. The fourth-order valence-electron chi connectivity index (χ4n) is 3.11. The van der Waals surface area contributed by atoms with Crippen LogP contribution in [0, 0.1) is 5.92 Å².